The minimum atomic E-state index is -2.67. The lowest BCUT2D eigenvalue weighted by molar-refractivity contribution is -0.0514. The van der Waals surface area contributed by atoms with Gasteiger partial charge in [0.1, 0.15) is 5.69 Å². The standard InChI is InChI=1S/C10H11F2N3/c1-15(2)8-5-6-4-3-9(4,6)10(11,12)7(5)13-14-8/h4,6H,3H2,1-2H3,(H,13,14)/t4-,6?,9?/m1/s1. The van der Waals surface area contributed by atoms with E-state index in [-0.39, 0.29) is 17.5 Å². The van der Waals surface area contributed by atoms with Crippen LogP contribution >= 0.6 is 0 Å². The van der Waals surface area contributed by atoms with Crippen LogP contribution < -0.4 is 4.90 Å². The molecule has 3 nitrogen and oxygen atoms in total. The quantitative estimate of drug-likeness (QED) is 0.766. The van der Waals surface area contributed by atoms with Crippen LogP contribution in [0.5, 0.6) is 0 Å². The third kappa shape index (κ3) is 0.565. The molecule has 1 aromatic rings. The molecule has 0 amide bonds. The van der Waals surface area contributed by atoms with E-state index in [0.717, 1.165) is 5.56 Å². The maximum absolute atomic E-state index is 14.0. The number of hydrogen-bond donors (Lipinski definition) is 1. The van der Waals surface area contributed by atoms with Gasteiger partial charge >= 0.3 is 0 Å². The fourth-order valence-electron chi connectivity index (χ4n) is 3.37. The zero-order valence-corrected chi connectivity index (χ0v) is 8.51. The average molecular weight is 211 g/mol. The molecule has 0 radical (unpaired) electrons. The monoisotopic (exact) mass is 211 g/mol. The molecule has 0 aromatic carbocycles. The Morgan fingerprint density at radius 2 is 2.20 bits per heavy atom. The maximum Gasteiger partial charge on any atom is 0.295 e. The first-order valence-corrected chi connectivity index (χ1v) is 5.15. The van der Waals surface area contributed by atoms with E-state index >= 15 is 0 Å². The largest absolute Gasteiger partial charge is 0.361 e. The summed E-state index contributed by atoms with van der Waals surface area (Å²) in [5.41, 5.74) is 0.160. The Kier molecular flexibility index (Phi) is 0.961. The molecule has 3 aliphatic rings. The van der Waals surface area contributed by atoms with Crippen molar-refractivity contribution in [3.8, 4) is 0 Å². The zero-order chi connectivity index (χ0) is 10.6. The van der Waals surface area contributed by atoms with Gasteiger partial charge in [0.15, 0.2) is 5.82 Å². The number of H-pyrrole nitrogens is 1. The first kappa shape index (κ1) is 8.07. The summed E-state index contributed by atoms with van der Waals surface area (Å²) in [6.07, 6.45) is 0.694. The summed E-state index contributed by atoms with van der Waals surface area (Å²) in [6, 6.07) is 0. The van der Waals surface area contributed by atoms with Crippen LogP contribution in [-0.4, -0.2) is 24.3 Å². The van der Waals surface area contributed by atoms with Crippen LogP contribution in [0.2, 0.25) is 0 Å². The average Bonchev–Trinajstić information content (AvgIpc) is 2.91. The molecule has 0 aliphatic heterocycles. The smallest absolute Gasteiger partial charge is 0.295 e. The molecule has 3 aliphatic carbocycles. The Morgan fingerprint density at radius 1 is 1.47 bits per heavy atom. The molecule has 3 atom stereocenters. The number of hydrogen-bond acceptors (Lipinski definition) is 2. The van der Waals surface area contributed by atoms with E-state index < -0.39 is 11.3 Å². The van der Waals surface area contributed by atoms with Gasteiger partial charge in [0.05, 0.1) is 5.41 Å². The second-order valence-electron chi connectivity index (χ2n) is 5.13. The first-order valence-electron chi connectivity index (χ1n) is 5.15. The number of aromatic nitrogens is 2. The van der Waals surface area contributed by atoms with Crippen molar-refractivity contribution in [2.45, 2.75) is 18.3 Å². The molecular weight excluding hydrogens is 200 g/mol. The highest BCUT2D eigenvalue weighted by Gasteiger charge is 2.94. The van der Waals surface area contributed by atoms with Crippen molar-refractivity contribution in [3.05, 3.63) is 11.3 Å². The van der Waals surface area contributed by atoms with E-state index in [4.69, 9.17) is 0 Å². The molecular formula is C10H11F2N3. The Hall–Kier alpha value is -1.13. The number of alkyl halides is 2. The molecule has 1 aromatic heterocycles. The molecule has 5 heteroatoms. The second-order valence-corrected chi connectivity index (χ2v) is 5.13. The Morgan fingerprint density at radius 3 is 2.80 bits per heavy atom. The normalized spacial score (nSPS) is 41.9. The van der Waals surface area contributed by atoms with Gasteiger partial charge in [-0.1, -0.05) is 0 Å². The van der Waals surface area contributed by atoms with E-state index in [1.54, 1.807) is 0 Å². The number of rotatable bonds is 1. The van der Waals surface area contributed by atoms with Crippen molar-refractivity contribution in [2.24, 2.45) is 11.3 Å². The van der Waals surface area contributed by atoms with Crippen molar-refractivity contribution in [1.82, 2.24) is 10.2 Å². The molecule has 1 N–H and O–H groups in total. The number of fused-ring (bicyclic) bond motifs is 3. The minimum absolute atomic E-state index is 0.0740. The Labute approximate surface area is 85.5 Å². The molecule has 1 spiro atoms. The molecule has 2 saturated carbocycles. The summed E-state index contributed by atoms with van der Waals surface area (Å²) in [5, 5.41) is 6.51. The predicted molar refractivity (Wildman–Crippen MR) is 50.1 cm³/mol. The minimum Gasteiger partial charge on any atom is -0.361 e. The molecule has 4 rings (SSSR count). The van der Waals surface area contributed by atoms with Crippen LogP contribution in [0.3, 0.4) is 0 Å². The Bertz CT molecular complexity index is 479. The van der Waals surface area contributed by atoms with Crippen molar-refractivity contribution in [2.75, 3.05) is 19.0 Å². The van der Waals surface area contributed by atoms with E-state index in [2.05, 4.69) is 10.2 Å². The van der Waals surface area contributed by atoms with Gasteiger partial charge in [-0.2, -0.15) is 13.9 Å². The Balaban J connectivity index is 1.95. The van der Waals surface area contributed by atoms with Crippen LogP contribution in [0.25, 0.3) is 0 Å². The molecule has 2 unspecified atom stereocenters. The maximum atomic E-state index is 14.0. The number of nitrogens with one attached hydrogen (secondary N) is 1. The van der Waals surface area contributed by atoms with E-state index in [1.165, 1.54) is 0 Å². The van der Waals surface area contributed by atoms with Crippen LogP contribution in [-0.2, 0) is 5.92 Å². The molecule has 0 saturated heterocycles. The second kappa shape index (κ2) is 1.79. The van der Waals surface area contributed by atoms with Crippen LogP contribution in [0.1, 0.15) is 23.6 Å². The number of halogens is 2. The van der Waals surface area contributed by atoms with Crippen molar-refractivity contribution >= 4 is 5.82 Å². The third-order valence-electron chi connectivity index (χ3n) is 4.32. The van der Waals surface area contributed by atoms with Crippen LogP contribution in [0.4, 0.5) is 14.6 Å². The summed E-state index contributed by atoms with van der Waals surface area (Å²) in [4.78, 5) is 1.81. The van der Waals surface area contributed by atoms with Gasteiger partial charge in [-0.3, -0.25) is 5.10 Å². The highest BCUT2D eigenvalue weighted by molar-refractivity contribution is 5.65. The van der Waals surface area contributed by atoms with Gasteiger partial charge in [-0.25, -0.2) is 0 Å². The van der Waals surface area contributed by atoms with E-state index in [1.807, 2.05) is 19.0 Å². The van der Waals surface area contributed by atoms with Crippen molar-refractivity contribution in [1.29, 1.82) is 0 Å². The van der Waals surface area contributed by atoms with E-state index in [9.17, 15) is 8.78 Å². The highest BCUT2D eigenvalue weighted by atomic mass is 19.3. The van der Waals surface area contributed by atoms with Gasteiger partial charge in [0, 0.05) is 25.6 Å². The van der Waals surface area contributed by atoms with Crippen LogP contribution in [0.15, 0.2) is 0 Å². The van der Waals surface area contributed by atoms with Gasteiger partial charge in [-0.05, 0) is 12.3 Å². The van der Waals surface area contributed by atoms with Crippen molar-refractivity contribution < 1.29 is 8.78 Å². The van der Waals surface area contributed by atoms with Gasteiger partial charge in [0.25, 0.3) is 5.92 Å². The fourth-order valence-corrected chi connectivity index (χ4v) is 3.37. The zero-order valence-electron chi connectivity index (χ0n) is 8.51. The highest BCUT2D eigenvalue weighted by Crippen LogP contribution is 2.95. The van der Waals surface area contributed by atoms with Gasteiger partial charge in [-0.15, -0.1) is 0 Å². The summed E-state index contributed by atoms with van der Waals surface area (Å²) < 4.78 is 28.0. The first-order chi connectivity index (χ1) is 7.02. The summed E-state index contributed by atoms with van der Waals surface area (Å²) in [5.74, 6) is -1.66. The molecule has 1 heterocycles. The predicted octanol–water partition coefficient (Wildman–Crippen LogP) is 1.68. The number of anilines is 1. The molecule has 80 valence electrons. The lowest BCUT2D eigenvalue weighted by Crippen LogP contribution is -2.18. The fraction of sp³-hybridized carbons (Fsp3) is 0.700. The number of nitrogens with zero attached hydrogens (tertiary/aromatic N) is 2. The van der Waals surface area contributed by atoms with Crippen molar-refractivity contribution in [3.63, 3.8) is 0 Å². The lowest BCUT2D eigenvalue weighted by atomic mass is 10.0. The summed E-state index contributed by atoms with van der Waals surface area (Å²) in [7, 11) is 3.68. The molecule has 0 bridgehead atoms. The third-order valence-corrected chi connectivity index (χ3v) is 4.32. The van der Waals surface area contributed by atoms with E-state index in [0.29, 0.717) is 12.2 Å². The van der Waals surface area contributed by atoms with Gasteiger partial charge in [0.2, 0.25) is 0 Å². The molecule has 2 fully saturated rings. The SMILES string of the molecule is CN(C)c1n[nH]c2c1C1[C@H]3CC13C2(F)F. The summed E-state index contributed by atoms with van der Waals surface area (Å²) >= 11 is 0. The number of aromatic amines is 1. The topological polar surface area (TPSA) is 31.9 Å². The van der Waals surface area contributed by atoms with Crippen LogP contribution in [0, 0.1) is 11.3 Å². The lowest BCUT2D eigenvalue weighted by Gasteiger charge is -2.13. The summed E-state index contributed by atoms with van der Waals surface area (Å²) in [6.45, 7) is 0. The molecule has 15 heavy (non-hydrogen) atoms. The van der Waals surface area contributed by atoms with Gasteiger partial charge < -0.3 is 4.90 Å².